The van der Waals surface area contributed by atoms with Gasteiger partial charge in [-0.3, -0.25) is 9.89 Å². The smallest absolute Gasteiger partial charge is 0.153 e. The number of carbonyl (C=O) groups excluding carboxylic acids is 1. The van der Waals surface area contributed by atoms with Gasteiger partial charge < -0.3 is 0 Å². The van der Waals surface area contributed by atoms with Crippen LogP contribution in [0.25, 0.3) is 11.3 Å². The van der Waals surface area contributed by atoms with E-state index in [9.17, 15) is 9.18 Å². The molecule has 3 nitrogen and oxygen atoms in total. The third-order valence-electron chi connectivity index (χ3n) is 2.00. The maximum absolute atomic E-state index is 13.2. The van der Waals surface area contributed by atoms with Crippen molar-refractivity contribution in [3.05, 3.63) is 40.8 Å². The summed E-state index contributed by atoms with van der Waals surface area (Å²) in [6, 6.07) is 4.30. The van der Waals surface area contributed by atoms with Gasteiger partial charge in [-0.05, 0) is 12.1 Å². The number of hydrogen-bond acceptors (Lipinski definition) is 2. The molecule has 0 atom stereocenters. The first kappa shape index (κ1) is 9.86. The number of nitrogens with one attached hydrogen (secondary N) is 1. The lowest BCUT2D eigenvalue weighted by Crippen LogP contribution is -1.86. The third kappa shape index (κ3) is 1.76. The van der Waals surface area contributed by atoms with Gasteiger partial charge in [0, 0.05) is 5.56 Å². The Labute approximate surface area is 89.9 Å². The van der Waals surface area contributed by atoms with Crippen LogP contribution in [-0.2, 0) is 0 Å². The lowest BCUT2D eigenvalue weighted by atomic mass is 10.1. The van der Waals surface area contributed by atoms with Crippen molar-refractivity contribution in [2.24, 2.45) is 0 Å². The zero-order chi connectivity index (χ0) is 10.8. The normalized spacial score (nSPS) is 10.3. The molecule has 0 saturated heterocycles. The van der Waals surface area contributed by atoms with Gasteiger partial charge in [-0.1, -0.05) is 17.7 Å². The highest BCUT2D eigenvalue weighted by atomic mass is 35.5. The molecule has 2 rings (SSSR count). The summed E-state index contributed by atoms with van der Waals surface area (Å²) in [6.45, 7) is 0. The van der Waals surface area contributed by atoms with E-state index in [1.165, 1.54) is 18.3 Å². The first-order valence-electron chi connectivity index (χ1n) is 4.16. The van der Waals surface area contributed by atoms with Crippen LogP contribution in [0.5, 0.6) is 0 Å². The first-order valence-corrected chi connectivity index (χ1v) is 4.54. The van der Waals surface area contributed by atoms with E-state index in [2.05, 4.69) is 10.2 Å². The highest BCUT2D eigenvalue weighted by Crippen LogP contribution is 2.24. The average molecular weight is 225 g/mol. The zero-order valence-corrected chi connectivity index (χ0v) is 8.25. The molecule has 0 bridgehead atoms. The van der Waals surface area contributed by atoms with Crippen LogP contribution in [-0.4, -0.2) is 16.5 Å². The van der Waals surface area contributed by atoms with Crippen LogP contribution in [0.2, 0.25) is 5.02 Å². The lowest BCUT2D eigenvalue weighted by molar-refractivity contribution is 0.112. The van der Waals surface area contributed by atoms with E-state index in [1.807, 2.05) is 0 Å². The average Bonchev–Trinajstić information content (AvgIpc) is 2.70. The van der Waals surface area contributed by atoms with Gasteiger partial charge in [-0.2, -0.15) is 5.10 Å². The fraction of sp³-hybridized carbons (Fsp3) is 0. The number of aromatic amines is 1. The molecule has 0 saturated carbocycles. The molecule has 1 heterocycles. The Morgan fingerprint density at radius 1 is 1.47 bits per heavy atom. The van der Waals surface area contributed by atoms with Gasteiger partial charge in [-0.25, -0.2) is 4.39 Å². The Kier molecular flexibility index (Phi) is 2.51. The summed E-state index contributed by atoms with van der Waals surface area (Å²) in [5.41, 5.74) is 1.41. The molecule has 0 spiro atoms. The largest absolute Gasteiger partial charge is 0.298 e. The van der Waals surface area contributed by atoms with E-state index in [0.29, 0.717) is 23.1 Å². The quantitative estimate of drug-likeness (QED) is 0.798. The summed E-state index contributed by atoms with van der Waals surface area (Å²) in [5.74, 6) is -0.527. The molecule has 0 unspecified atom stereocenters. The summed E-state index contributed by atoms with van der Waals surface area (Å²) in [7, 11) is 0. The van der Waals surface area contributed by atoms with Crippen molar-refractivity contribution in [3.63, 3.8) is 0 Å². The van der Waals surface area contributed by atoms with E-state index in [-0.39, 0.29) is 5.02 Å². The summed E-state index contributed by atoms with van der Waals surface area (Å²) in [5, 5.41) is 6.39. The molecule has 1 aromatic carbocycles. The monoisotopic (exact) mass is 224 g/mol. The number of aromatic nitrogens is 2. The Morgan fingerprint density at radius 3 is 2.93 bits per heavy atom. The highest BCUT2D eigenvalue weighted by Gasteiger charge is 2.08. The minimum atomic E-state index is -0.527. The second kappa shape index (κ2) is 3.82. The van der Waals surface area contributed by atoms with Crippen molar-refractivity contribution in [2.75, 3.05) is 0 Å². The molecule has 15 heavy (non-hydrogen) atoms. The van der Waals surface area contributed by atoms with E-state index in [4.69, 9.17) is 11.6 Å². The van der Waals surface area contributed by atoms with Crippen molar-refractivity contribution >= 4 is 17.9 Å². The number of benzene rings is 1. The van der Waals surface area contributed by atoms with Crippen LogP contribution in [0.15, 0.2) is 24.4 Å². The third-order valence-corrected chi connectivity index (χ3v) is 2.31. The number of nitrogens with zero attached hydrogens (tertiary/aromatic N) is 1. The van der Waals surface area contributed by atoms with E-state index >= 15 is 0 Å². The summed E-state index contributed by atoms with van der Waals surface area (Å²) in [6.07, 6.45) is 2.04. The molecule has 0 radical (unpaired) electrons. The molecule has 0 aliphatic carbocycles. The molecular formula is C10H6ClFN2O. The summed E-state index contributed by atoms with van der Waals surface area (Å²) < 4.78 is 13.2. The van der Waals surface area contributed by atoms with Crippen molar-refractivity contribution in [1.29, 1.82) is 0 Å². The fourth-order valence-electron chi connectivity index (χ4n) is 1.27. The van der Waals surface area contributed by atoms with Gasteiger partial charge in [0.2, 0.25) is 0 Å². The van der Waals surface area contributed by atoms with Crippen LogP contribution in [0.4, 0.5) is 4.39 Å². The van der Waals surface area contributed by atoms with Gasteiger partial charge in [0.15, 0.2) is 6.29 Å². The topological polar surface area (TPSA) is 45.8 Å². The number of aldehydes is 1. The minimum absolute atomic E-state index is 0.0471. The molecule has 5 heteroatoms. The number of halogens is 2. The second-order valence-electron chi connectivity index (χ2n) is 2.95. The maximum atomic E-state index is 13.2. The van der Waals surface area contributed by atoms with Crippen LogP contribution >= 0.6 is 11.6 Å². The highest BCUT2D eigenvalue weighted by molar-refractivity contribution is 6.30. The Balaban J connectivity index is 2.54. The number of hydrogen-bond donors (Lipinski definition) is 1. The molecule has 0 amide bonds. The number of rotatable bonds is 2. The molecule has 2 aromatic rings. The fourth-order valence-corrected chi connectivity index (χ4v) is 1.39. The number of carbonyl (C=O) groups is 1. The molecule has 1 N–H and O–H groups in total. The van der Waals surface area contributed by atoms with Gasteiger partial charge >= 0.3 is 0 Å². The SMILES string of the molecule is O=Cc1cn[nH]c1-c1ccc(Cl)c(F)c1. The van der Waals surface area contributed by atoms with Gasteiger partial charge in [-0.15, -0.1) is 0 Å². The van der Waals surface area contributed by atoms with Gasteiger partial charge in [0.25, 0.3) is 0 Å². The standard InChI is InChI=1S/C10H6ClFN2O/c11-8-2-1-6(3-9(8)12)10-7(5-15)4-13-14-10/h1-5H,(H,13,14). The van der Waals surface area contributed by atoms with Crippen molar-refractivity contribution in [2.45, 2.75) is 0 Å². The summed E-state index contributed by atoms with van der Waals surface area (Å²) >= 11 is 5.55. The molecule has 76 valence electrons. The van der Waals surface area contributed by atoms with E-state index < -0.39 is 5.82 Å². The zero-order valence-electron chi connectivity index (χ0n) is 7.50. The van der Waals surface area contributed by atoms with Crippen molar-refractivity contribution < 1.29 is 9.18 Å². The predicted molar refractivity (Wildman–Crippen MR) is 54.4 cm³/mol. The van der Waals surface area contributed by atoms with Crippen LogP contribution in [0, 0.1) is 5.82 Å². The van der Waals surface area contributed by atoms with Gasteiger partial charge in [0.1, 0.15) is 5.82 Å². The second-order valence-corrected chi connectivity index (χ2v) is 3.35. The van der Waals surface area contributed by atoms with E-state index in [1.54, 1.807) is 6.07 Å². The molecule has 0 aliphatic heterocycles. The minimum Gasteiger partial charge on any atom is -0.298 e. The first-order chi connectivity index (χ1) is 7.22. The van der Waals surface area contributed by atoms with Crippen molar-refractivity contribution in [1.82, 2.24) is 10.2 Å². The van der Waals surface area contributed by atoms with Crippen LogP contribution in [0.1, 0.15) is 10.4 Å². The lowest BCUT2D eigenvalue weighted by Gasteiger charge is -2.00. The predicted octanol–water partition coefficient (Wildman–Crippen LogP) is 2.68. The van der Waals surface area contributed by atoms with Crippen LogP contribution < -0.4 is 0 Å². The molecule has 0 aliphatic rings. The molecular weight excluding hydrogens is 219 g/mol. The Hall–Kier alpha value is -1.68. The van der Waals surface area contributed by atoms with Crippen molar-refractivity contribution in [3.8, 4) is 11.3 Å². The number of H-pyrrole nitrogens is 1. The maximum Gasteiger partial charge on any atom is 0.153 e. The molecule has 0 fully saturated rings. The van der Waals surface area contributed by atoms with E-state index in [0.717, 1.165) is 0 Å². The Morgan fingerprint density at radius 2 is 2.27 bits per heavy atom. The summed E-state index contributed by atoms with van der Waals surface area (Å²) in [4.78, 5) is 10.6. The van der Waals surface area contributed by atoms with Crippen LogP contribution in [0.3, 0.4) is 0 Å². The molecule has 1 aromatic heterocycles. The van der Waals surface area contributed by atoms with Gasteiger partial charge in [0.05, 0.1) is 22.5 Å². The Bertz CT molecular complexity index is 510.